The molecular formula is C72H130O6. The molecular weight excluding hydrogens is 961 g/mol. The van der Waals surface area contributed by atoms with Gasteiger partial charge in [0.15, 0.2) is 6.10 Å². The molecule has 1 atom stereocenters. The van der Waals surface area contributed by atoms with Crippen LogP contribution in [-0.2, 0) is 28.6 Å². The maximum Gasteiger partial charge on any atom is 0.306 e. The molecule has 0 saturated carbocycles. The first-order chi connectivity index (χ1) is 38.5. The summed E-state index contributed by atoms with van der Waals surface area (Å²) in [5, 5.41) is 0. The Morgan fingerprint density at radius 3 is 0.731 bits per heavy atom. The molecule has 78 heavy (non-hydrogen) atoms. The minimum absolute atomic E-state index is 0.0733. The van der Waals surface area contributed by atoms with Gasteiger partial charge in [0.1, 0.15) is 13.2 Å². The summed E-state index contributed by atoms with van der Waals surface area (Å²) in [7, 11) is 0. The molecule has 1 unspecified atom stereocenters. The Morgan fingerprint density at radius 1 is 0.256 bits per heavy atom. The van der Waals surface area contributed by atoms with E-state index in [1.807, 2.05) is 0 Å². The largest absolute Gasteiger partial charge is 0.462 e. The molecule has 0 heterocycles. The maximum absolute atomic E-state index is 12.9. The van der Waals surface area contributed by atoms with Gasteiger partial charge in [-0.15, -0.1) is 0 Å². The molecule has 0 spiro atoms. The average molecular weight is 1090 g/mol. The van der Waals surface area contributed by atoms with Crippen LogP contribution in [0.3, 0.4) is 0 Å². The van der Waals surface area contributed by atoms with Crippen LogP contribution in [0.2, 0.25) is 0 Å². The van der Waals surface area contributed by atoms with Crippen LogP contribution < -0.4 is 0 Å². The quantitative estimate of drug-likeness (QED) is 0.0261. The molecule has 0 aliphatic carbocycles. The SMILES string of the molecule is CCCCCC/C=C\C/C=C\CCCCCCCCCC(=O)OC(COC(=O)CCCCCCCCCCCCCCC)COC(=O)CCCCCCCCCCCCCCCC/C=C\C/C=C\C/C=C\CCCCCCC. The lowest BCUT2D eigenvalue weighted by atomic mass is 10.0. The van der Waals surface area contributed by atoms with Crippen molar-refractivity contribution in [2.75, 3.05) is 13.2 Å². The van der Waals surface area contributed by atoms with Crippen molar-refractivity contribution in [3.05, 3.63) is 60.8 Å². The lowest BCUT2D eigenvalue weighted by Gasteiger charge is -2.18. The Bertz CT molecular complexity index is 1390. The summed E-state index contributed by atoms with van der Waals surface area (Å²) in [5.41, 5.74) is 0. The highest BCUT2D eigenvalue weighted by Gasteiger charge is 2.19. The van der Waals surface area contributed by atoms with Crippen LogP contribution in [0.1, 0.15) is 361 Å². The van der Waals surface area contributed by atoms with E-state index in [-0.39, 0.29) is 31.1 Å². The van der Waals surface area contributed by atoms with Gasteiger partial charge in [-0.05, 0) is 89.9 Å². The summed E-state index contributed by atoms with van der Waals surface area (Å²) in [6.45, 7) is 6.65. The van der Waals surface area contributed by atoms with Crippen molar-refractivity contribution >= 4 is 17.9 Å². The summed E-state index contributed by atoms with van der Waals surface area (Å²) in [5.74, 6) is -0.861. The lowest BCUT2D eigenvalue weighted by molar-refractivity contribution is -0.167. The van der Waals surface area contributed by atoms with E-state index in [9.17, 15) is 14.4 Å². The third-order valence-electron chi connectivity index (χ3n) is 15.2. The van der Waals surface area contributed by atoms with Gasteiger partial charge in [-0.1, -0.05) is 313 Å². The minimum Gasteiger partial charge on any atom is -0.462 e. The molecule has 0 aliphatic heterocycles. The van der Waals surface area contributed by atoms with E-state index in [0.29, 0.717) is 19.3 Å². The van der Waals surface area contributed by atoms with Crippen LogP contribution in [0.4, 0.5) is 0 Å². The van der Waals surface area contributed by atoms with Crippen molar-refractivity contribution in [3.63, 3.8) is 0 Å². The Labute approximate surface area is 485 Å². The van der Waals surface area contributed by atoms with Gasteiger partial charge in [-0.2, -0.15) is 0 Å². The third kappa shape index (κ3) is 63.9. The summed E-state index contributed by atoms with van der Waals surface area (Å²) in [6, 6.07) is 0. The molecule has 0 N–H and O–H groups in total. The van der Waals surface area contributed by atoms with Gasteiger partial charge >= 0.3 is 17.9 Å². The number of hydrogen-bond donors (Lipinski definition) is 0. The molecule has 0 aromatic heterocycles. The van der Waals surface area contributed by atoms with E-state index in [1.165, 1.54) is 238 Å². The predicted molar refractivity (Wildman–Crippen MR) is 339 cm³/mol. The number of carbonyl (C=O) groups excluding carboxylic acids is 3. The van der Waals surface area contributed by atoms with Crippen LogP contribution in [-0.4, -0.2) is 37.2 Å². The fourth-order valence-electron chi connectivity index (χ4n) is 10.1. The van der Waals surface area contributed by atoms with Gasteiger partial charge in [0.25, 0.3) is 0 Å². The van der Waals surface area contributed by atoms with Crippen molar-refractivity contribution < 1.29 is 28.6 Å². The fourth-order valence-corrected chi connectivity index (χ4v) is 10.1. The van der Waals surface area contributed by atoms with Crippen molar-refractivity contribution in [1.29, 1.82) is 0 Å². The molecule has 0 amide bonds. The zero-order chi connectivity index (χ0) is 56.4. The Morgan fingerprint density at radius 2 is 0.462 bits per heavy atom. The summed E-state index contributed by atoms with van der Waals surface area (Å²) >= 11 is 0. The monoisotopic (exact) mass is 1090 g/mol. The lowest BCUT2D eigenvalue weighted by Crippen LogP contribution is -2.30. The van der Waals surface area contributed by atoms with Gasteiger partial charge in [0.05, 0.1) is 0 Å². The molecule has 0 aromatic rings. The van der Waals surface area contributed by atoms with Gasteiger partial charge in [0.2, 0.25) is 0 Å². The number of esters is 3. The molecule has 0 aromatic carbocycles. The number of rotatable bonds is 63. The molecule has 0 bridgehead atoms. The number of ether oxygens (including phenoxy) is 3. The smallest absolute Gasteiger partial charge is 0.306 e. The first-order valence-electron chi connectivity index (χ1n) is 34.3. The van der Waals surface area contributed by atoms with Crippen LogP contribution in [0.15, 0.2) is 60.8 Å². The fraction of sp³-hybridized carbons (Fsp3) is 0.819. The summed E-state index contributed by atoms with van der Waals surface area (Å²) in [6.07, 6.45) is 85.2. The van der Waals surface area contributed by atoms with Crippen LogP contribution >= 0.6 is 0 Å². The molecule has 6 nitrogen and oxygen atoms in total. The molecule has 0 fully saturated rings. The first kappa shape index (κ1) is 75.1. The van der Waals surface area contributed by atoms with Crippen molar-refractivity contribution in [3.8, 4) is 0 Å². The van der Waals surface area contributed by atoms with Crippen molar-refractivity contribution in [1.82, 2.24) is 0 Å². The molecule has 0 rings (SSSR count). The summed E-state index contributed by atoms with van der Waals surface area (Å²) < 4.78 is 17.0. The van der Waals surface area contributed by atoms with Crippen LogP contribution in [0.25, 0.3) is 0 Å². The number of carbonyl (C=O) groups is 3. The van der Waals surface area contributed by atoms with Crippen molar-refractivity contribution in [2.24, 2.45) is 0 Å². The van der Waals surface area contributed by atoms with E-state index < -0.39 is 6.10 Å². The maximum atomic E-state index is 12.9. The Kier molecular flexibility index (Phi) is 64.2. The predicted octanol–water partition coefficient (Wildman–Crippen LogP) is 23.5. The van der Waals surface area contributed by atoms with Gasteiger partial charge in [0, 0.05) is 19.3 Å². The standard InChI is InChI=1S/C72H130O6/c1-4-7-10-13-16-19-22-25-27-29-31-32-33-34-35-36-37-38-39-40-41-43-44-47-50-53-56-59-62-65-71(74)77-68-69(67-76-70(73)64-61-58-55-52-49-46-24-21-18-15-12-9-6-3)78-72(75)66-63-60-57-54-51-48-45-42-30-28-26-23-20-17-14-11-8-5-2/h20,22-23,25,28-31,33-34,69H,4-19,21,24,26-27,32,35-68H2,1-3H3/b23-20-,25-22-,30-28-,31-29-,34-33-. The molecule has 0 radical (unpaired) electrons. The highest BCUT2D eigenvalue weighted by atomic mass is 16.6. The third-order valence-corrected chi connectivity index (χ3v) is 15.2. The summed E-state index contributed by atoms with van der Waals surface area (Å²) in [4.78, 5) is 38.4. The van der Waals surface area contributed by atoms with E-state index >= 15 is 0 Å². The Balaban J connectivity index is 4.23. The first-order valence-corrected chi connectivity index (χ1v) is 34.3. The van der Waals surface area contributed by atoms with Gasteiger partial charge in [-0.3, -0.25) is 14.4 Å². The second-order valence-electron chi connectivity index (χ2n) is 23.1. The highest BCUT2D eigenvalue weighted by Crippen LogP contribution is 2.17. The minimum atomic E-state index is -0.777. The van der Waals surface area contributed by atoms with Crippen LogP contribution in [0, 0.1) is 0 Å². The van der Waals surface area contributed by atoms with Gasteiger partial charge < -0.3 is 14.2 Å². The molecule has 6 heteroatoms. The second kappa shape index (κ2) is 66.6. The second-order valence-corrected chi connectivity index (χ2v) is 23.1. The van der Waals surface area contributed by atoms with E-state index in [4.69, 9.17) is 14.2 Å². The van der Waals surface area contributed by atoms with E-state index in [2.05, 4.69) is 81.5 Å². The average Bonchev–Trinajstić information content (AvgIpc) is 3.44. The molecule has 0 aliphatic rings. The zero-order valence-corrected chi connectivity index (χ0v) is 52.2. The number of unbranched alkanes of at least 4 members (excludes halogenated alkanes) is 42. The van der Waals surface area contributed by atoms with Crippen LogP contribution in [0.5, 0.6) is 0 Å². The topological polar surface area (TPSA) is 78.9 Å². The Hall–Kier alpha value is -2.89. The van der Waals surface area contributed by atoms with E-state index in [1.54, 1.807) is 0 Å². The zero-order valence-electron chi connectivity index (χ0n) is 52.2. The molecule has 0 saturated heterocycles. The van der Waals surface area contributed by atoms with E-state index in [0.717, 1.165) is 83.5 Å². The number of allylic oxidation sites excluding steroid dienone is 10. The number of hydrogen-bond acceptors (Lipinski definition) is 6. The molecule has 454 valence electrons. The normalized spacial score (nSPS) is 12.4. The van der Waals surface area contributed by atoms with Crippen molar-refractivity contribution in [2.45, 2.75) is 367 Å². The highest BCUT2D eigenvalue weighted by molar-refractivity contribution is 5.71. The van der Waals surface area contributed by atoms with Gasteiger partial charge in [-0.25, -0.2) is 0 Å².